The number of aliphatic carboxylic acids is 1. The SMILES string of the molecule is Cc1cc(N)c(S(=O)(=O)c2cccnc2)c(=O)n1CC(=O)NCC(C)ON=C(N)N.O=C(O)C(F)(F)F. The highest BCUT2D eigenvalue weighted by Gasteiger charge is 2.38. The number of carbonyl (C=O) groups is 2. The number of amides is 1. The summed E-state index contributed by atoms with van der Waals surface area (Å²) >= 11 is 0. The molecule has 2 rings (SSSR count). The summed E-state index contributed by atoms with van der Waals surface area (Å²) in [5.41, 5.74) is 15.3. The van der Waals surface area contributed by atoms with Gasteiger partial charge in [-0.15, -0.1) is 0 Å². The van der Waals surface area contributed by atoms with Crippen molar-refractivity contribution >= 4 is 33.4 Å². The van der Waals surface area contributed by atoms with Gasteiger partial charge >= 0.3 is 12.1 Å². The number of nitrogens with one attached hydrogen (secondary N) is 1. The Morgan fingerprint density at radius 1 is 1.32 bits per heavy atom. The van der Waals surface area contributed by atoms with E-state index in [0.717, 1.165) is 10.8 Å². The number of hydrogen-bond donors (Lipinski definition) is 5. The minimum absolute atomic E-state index is 0.0548. The summed E-state index contributed by atoms with van der Waals surface area (Å²) in [5, 5.41) is 13.0. The van der Waals surface area contributed by atoms with E-state index in [9.17, 15) is 31.2 Å². The highest BCUT2D eigenvalue weighted by atomic mass is 32.2. The molecule has 0 bridgehead atoms. The third kappa shape index (κ3) is 8.98. The summed E-state index contributed by atoms with van der Waals surface area (Å²) in [6, 6.07) is 4.05. The number of halogens is 3. The smallest absolute Gasteiger partial charge is 0.475 e. The zero-order valence-electron chi connectivity index (χ0n) is 19.4. The van der Waals surface area contributed by atoms with Gasteiger partial charge in [-0.3, -0.25) is 14.6 Å². The Bertz CT molecular complexity index is 1310. The standard InChI is InChI=1S/C17H23N7O5S.C2HF3O2/c1-10-6-13(18)15(30(27,28)12-4-3-5-21-8-12)16(26)24(10)9-14(25)22-7-11(2)29-23-17(19)20;3-2(4,5)1(6)7/h3-6,8,11H,7,9,18H2,1-2H3,(H,22,25)(H4,19,20,23);(H,6,7). The number of nitrogens with two attached hydrogens (primary N) is 3. The van der Waals surface area contributed by atoms with Gasteiger partial charge in [0.1, 0.15) is 12.6 Å². The predicted molar refractivity (Wildman–Crippen MR) is 123 cm³/mol. The molecule has 0 aliphatic heterocycles. The van der Waals surface area contributed by atoms with Crippen LogP contribution in [0.3, 0.4) is 0 Å². The molecule has 1 amide bonds. The third-order valence-corrected chi connectivity index (χ3v) is 5.98. The van der Waals surface area contributed by atoms with E-state index in [2.05, 4.69) is 15.5 Å². The maximum Gasteiger partial charge on any atom is 0.490 e. The number of pyridine rings is 2. The monoisotopic (exact) mass is 551 g/mol. The van der Waals surface area contributed by atoms with Gasteiger partial charge in [-0.05, 0) is 37.2 Å². The predicted octanol–water partition coefficient (Wildman–Crippen LogP) is -0.690. The number of sulfone groups is 1. The number of rotatable bonds is 8. The van der Waals surface area contributed by atoms with Crippen LogP contribution in [0, 0.1) is 6.92 Å². The summed E-state index contributed by atoms with van der Waals surface area (Å²) in [5.74, 6) is -3.57. The maximum absolute atomic E-state index is 12.9. The van der Waals surface area contributed by atoms with E-state index in [1.54, 1.807) is 6.92 Å². The number of guanidine groups is 1. The number of carboxylic acid groups (broad SMARTS) is 1. The van der Waals surface area contributed by atoms with Crippen LogP contribution in [0.4, 0.5) is 18.9 Å². The van der Waals surface area contributed by atoms with Gasteiger partial charge < -0.3 is 37.0 Å². The molecular formula is C19H24F3N7O7S. The van der Waals surface area contributed by atoms with Gasteiger partial charge in [-0.1, -0.05) is 0 Å². The fraction of sp³-hybridized carbons (Fsp3) is 0.316. The number of alkyl halides is 3. The van der Waals surface area contributed by atoms with Crippen molar-refractivity contribution in [2.24, 2.45) is 16.6 Å². The fourth-order valence-corrected chi connectivity index (χ4v) is 3.91. The molecule has 0 radical (unpaired) electrons. The first-order valence-corrected chi connectivity index (χ1v) is 11.4. The van der Waals surface area contributed by atoms with Crippen molar-refractivity contribution in [2.75, 3.05) is 12.3 Å². The second-order valence-electron chi connectivity index (χ2n) is 7.19. The van der Waals surface area contributed by atoms with Crippen molar-refractivity contribution in [2.45, 2.75) is 42.5 Å². The molecule has 18 heteroatoms. The van der Waals surface area contributed by atoms with E-state index < -0.39 is 51.0 Å². The van der Waals surface area contributed by atoms with Crippen molar-refractivity contribution in [3.8, 4) is 0 Å². The van der Waals surface area contributed by atoms with Gasteiger partial charge in [0.15, 0.2) is 4.90 Å². The first kappa shape index (κ1) is 30.7. The van der Waals surface area contributed by atoms with Crippen molar-refractivity contribution in [1.29, 1.82) is 0 Å². The molecule has 0 aliphatic rings. The zero-order chi connectivity index (χ0) is 28.6. The average molecular weight is 552 g/mol. The quantitative estimate of drug-likeness (QED) is 0.156. The van der Waals surface area contributed by atoms with Gasteiger partial charge in [0.25, 0.3) is 5.56 Å². The molecule has 8 N–H and O–H groups in total. The highest BCUT2D eigenvalue weighted by Crippen LogP contribution is 2.23. The third-order valence-electron chi connectivity index (χ3n) is 4.17. The lowest BCUT2D eigenvalue weighted by Gasteiger charge is -2.15. The van der Waals surface area contributed by atoms with E-state index in [1.165, 1.54) is 31.3 Å². The van der Waals surface area contributed by atoms with Crippen LogP contribution in [0.1, 0.15) is 12.6 Å². The van der Waals surface area contributed by atoms with Crippen LogP contribution >= 0.6 is 0 Å². The summed E-state index contributed by atoms with van der Waals surface area (Å²) in [7, 11) is -4.23. The van der Waals surface area contributed by atoms with E-state index in [0.29, 0.717) is 5.69 Å². The molecule has 0 aliphatic carbocycles. The molecule has 2 aromatic rings. The normalized spacial score (nSPS) is 11.9. The molecule has 0 spiro atoms. The van der Waals surface area contributed by atoms with E-state index in [-0.39, 0.29) is 23.1 Å². The minimum Gasteiger partial charge on any atom is -0.475 e. The van der Waals surface area contributed by atoms with Crippen LogP contribution in [0.2, 0.25) is 0 Å². The van der Waals surface area contributed by atoms with Crippen LogP contribution < -0.4 is 28.1 Å². The van der Waals surface area contributed by atoms with Crippen LogP contribution in [0.25, 0.3) is 0 Å². The number of aryl methyl sites for hydroxylation is 1. The van der Waals surface area contributed by atoms with Gasteiger partial charge in [-0.25, -0.2) is 13.2 Å². The summed E-state index contributed by atoms with van der Waals surface area (Å²) in [4.78, 5) is 42.0. The molecular weight excluding hydrogens is 527 g/mol. The molecule has 0 fully saturated rings. The molecule has 14 nitrogen and oxygen atoms in total. The summed E-state index contributed by atoms with van der Waals surface area (Å²) in [6.45, 7) is 2.79. The first-order chi connectivity index (χ1) is 17.0. The lowest BCUT2D eigenvalue weighted by atomic mass is 10.3. The van der Waals surface area contributed by atoms with Crippen LogP contribution in [-0.4, -0.2) is 59.7 Å². The van der Waals surface area contributed by atoms with Gasteiger partial charge in [0.2, 0.25) is 21.7 Å². The van der Waals surface area contributed by atoms with Crippen molar-refractivity contribution in [1.82, 2.24) is 14.9 Å². The number of carboxylic acids is 1. The summed E-state index contributed by atoms with van der Waals surface area (Å²) < 4.78 is 58.5. The number of hydrogen-bond acceptors (Lipinski definition) is 9. The molecule has 2 heterocycles. The second-order valence-corrected chi connectivity index (χ2v) is 9.08. The lowest BCUT2D eigenvalue weighted by molar-refractivity contribution is -0.192. The van der Waals surface area contributed by atoms with Gasteiger partial charge in [0, 0.05) is 18.1 Å². The molecule has 0 saturated heterocycles. The van der Waals surface area contributed by atoms with Crippen molar-refractivity contribution in [3.63, 3.8) is 0 Å². The zero-order valence-corrected chi connectivity index (χ0v) is 20.2. The van der Waals surface area contributed by atoms with E-state index in [4.69, 9.17) is 31.9 Å². The lowest BCUT2D eigenvalue weighted by Crippen LogP contribution is -2.38. The Labute approximate surface area is 207 Å². The second kappa shape index (κ2) is 12.6. The Hall–Kier alpha value is -4.35. The molecule has 2 aromatic heterocycles. The molecule has 0 aromatic carbocycles. The van der Waals surface area contributed by atoms with Crippen molar-refractivity contribution < 1.29 is 41.1 Å². The Balaban J connectivity index is 0.000000856. The van der Waals surface area contributed by atoms with Gasteiger partial charge in [0.05, 0.1) is 17.1 Å². The Morgan fingerprint density at radius 3 is 2.41 bits per heavy atom. The Morgan fingerprint density at radius 2 is 1.92 bits per heavy atom. The summed E-state index contributed by atoms with van der Waals surface area (Å²) in [6.07, 6.45) is -3.11. The largest absolute Gasteiger partial charge is 0.490 e. The number of aromatic nitrogens is 2. The van der Waals surface area contributed by atoms with Gasteiger partial charge in [-0.2, -0.15) is 13.2 Å². The number of oxime groups is 1. The van der Waals surface area contributed by atoms with Crippen LogP contribution in [0.15, 0.2) is 50.3 Å². The van der Waals surface area contributed by atoms with Crippen LogP contribution in [-0.2, 0) is 30.8 Å². The van der Waals surface area contributed by atoms with E-state index in [1.807, 2.05) is 0 Å². The highest BCUT2D eigenvalue weighted by molar-refractivity contribution is 7.91. The minimum atomic E-state index is -5.08. The first-order valence-electron chi connectivity index (χ1n) is 9.95. The number of nitrogen functional groups attached to an aromatic ring is 1. The number of carbonyl (C=O) groups excluding carboxylic acids is 1. The number of nitrogens with zero attached hydrogens (tertiary/aromatic N) is 3. The average Bonchev–Trinajstić information content (AvgIpc) is 2.79. The molecule has 1 unspecified atom stereocenters. The molecule has 37 heavy (non-hydrogen) atoms. The fourth-order valence-electron chi connectivity index (χ4n) is 2.51. The Kier molecular flexibility index (Phi) is 10.4. The maximum atomic E-state index is 12.9. The molecule has 204 valence electrons. The molecule has 0 saturated carbocycles. The molecule has 1 atom stereocenters. The number of anilines is 1. The van der Waals surface area contributed by atoms with Crippen molar-refractivity contribution in [3.05, 3.63) is 46.6 Å². The van der Waals surface area contributed by atoms with E-state index >= 15 is 0 Å². The topological polar surface area (TPSA) is 235 Å². The van der Waals surface area contributed by atoms with Crippen LogP contribution in [0.5, 0.6) is 0 Å².